The second-order valence-corrected chi connectivity index (χ2v) is 7.86. The van der Waals surface area contributed by atoms with Crippen LogP contribution in [0.3, 0.4) is 0 Å². The molecule has 1 amide bonds. The first kappa shape index (κ1) is 19.5. The lowest BCUT2D eigenvalue weighted by Crippen LogP contribution is -2.41. The Bertz CT molecular complexity index is 1060. The van der Waals surface area contributed by atoms with Crippen LogP contribution in [0.25, 0.3) is 11.0 Å². The number of nitrogens with one attached hydrogen (secondary N) is 1. The van der Waals surface area contributed by atoms with E-state index in [1.165, 1.54) is 6.07 Å². The van der Waals surface area contributed by atoms with Gasteiger partial charge in [-0.25, -0.2) is 0 Å². The lowest BCUT2D eigenvalue weighted by atomic mass is 9.97. The van der Waals surface area contributed by atoms with Crippen molar-refractivity contribution in [1.29, 1.82) is 0 Å². The van der Waals surface area contributed by atoms with Crippen molar-refractivity contribution in [3.63, 3.8) is 0 Å². The topological polar surface area (TPSA) is 75.7 Å². The number of likely N-dealkylation sites (tertiary alicyclic amines) is 1. The molecule has 0 radical (unpaired) electrons. The molecule has 0 unspecified atom stereocenters. The first-order chi connectivity index (χ1) is 14.0. The van der Waals surface area contributed by atoms with E-state index in [1.807, 2.05) is 19.1 Å². The van der Waals surface area contributed by atoms with Crippen molar-refractivity contribution in [2.24, 2.45) is 5.92 Å². The highest BCUT2D eigenvalue weighted by Crippen LogP contribution is 2.27. The molecule has 3 aromatic rings. The summed E-state index contributed by atoms with van der Waals surface area (Å²) in [4.78, 5) is 27.4. The quantitative estimate of drug-likeness (QED) is 0.710. The first-order valence-corrected chi connectivity index (χ1v) is 10.1. The number of aryl methyl sites for hydroxylation is 1. The van der Waals surface area contributed by atoms with Crippen LogP contribution in [-0.2, 0) is 0 Å². The number of carbonyl (C=O) groups is 1. The summed E-state index contributed by atoms with van der Waals surface area (Å²) in [6.07, 6.45) is 2.26. The summed E-state index contributed by atoms with van der Waals surface area (Å²) in [5.41, 5.74) is 0.189. The third-order valence-electron chi connectivity index (χ3n) is 5.66. The first-order valence-electron chi connectivity index (χ1n) is 10.1. The molecular weight excluding hydrogens is 368 g/mol. The summed E-state index contributed by atoms with van der Waals surface area (Å²) in [6, 6.07) is 12.1. The van der Waals surface area contributed by atoms with Gasteiger partial charge < -0.3 is 14.2 Å². The number of amides is 1. The molecule has 6 nitrogen and oxygen atoms in total. The molecule has 1 saturated heterocycles. The summed E-state index contributed by atoms with van der Waals surface area (Å²) in [5.74, 6) is 2.04. The number of carbonyl (C=O) groups excluding carboxylic acids is 1. The minimum Gasteiger partial charge on any atom is -0.465 e. The SMILES string of the molecule is Cc1ccc([C@@H](CNC(=O)c2cc(=O)c3ccccc3o2)N2CCC(C)CC2)o1. The zero-order chi connectivity index (χ0) is 20.4. The number of piperidine rings is 1. The van der Waals surface area contributed by atoms with Crippen molar-refractivity contribution in [2.75, 3.05) is 19.6 Å². The van der Waals surface area contributed by atoms with Crippen molar-refractivity contribution in [2.45, 2.75) is 32.7 Å². The summed E-state index contributed by atoms with van der Waals surface area (Å²) in [5, 5.41) is 3.40. The highest BCUT2D eigenvalue weighted by molar-refractivity contribution is 5.93. The monoisotopic (exact) mass is 394 g/mol. The fourth-order valence-corrected chi connectivity index (χ4v) is 3.87. The number of hydrogen-bond acceptors (Lipinski definition) is 5. The maximum Gasteiger partial charge on any atom is 0.287 e. The number of para-hydroxylation sites is 1. The average molecular weight is 394 g/mol. The Kier molecular flexibility index (Phi) is 5.53. The molecule has 1 aliphatic rings. The van der Waals surface area contributed by atoms with Gasteiger partial charge in [0.1, 0.15) is 17.1 Å². The molecule has 152 valence electrons. The smallest absolute Gasteiger partial charge is 0.287 e. The number of rotatable bonds is 5. The highest BCUT2D eigenvalue weighted by Gasteiger charge is 2.27. The molecule has 29 heavy (non-hydrogen) atoms. The Morgan fingerprint density at radius 3 is 2.66 bits per heavy atom. The summed E-state index contributed by atoms with van der Waals surface area (Å²) >= 11 is 0. The second-order valence-electron chi connectivity index (χ2n) is 7.86. The van der Waals surface area contributed by atoms with E-state index in [0.717, 1.165) is 37.5 Å². The Morgan fingerprint density at radius 1 is 1.17 bits per heavy atom. The van der Waals surface area contributed by atoms with E-state index < -0.39 is 5.91 Å². The Balaban J connectivity index is 1.52. The number of fused-ring (bicyclic) bond motifs is 1. The molecule has 0 saturated carbocycles. The third kappa shape index (κ3) is 4.27. The van der Waals surface area contributed by atoms with E-state index >= 15 is 0 Å². The predicted molar refractivity (Wildman–Crippen MR) is 111 cm³/mol. The molecule has 6 heteroatoms. The number of hydrogen-bond donors (Lipinski definition) is 1. The van der Waals surface area contributed by atoms with Gasteiger partial charge in [0.05, 0.1) is 11.4 Å². The molecule has 0 bridgehead atoms. The molecule has 0 spiro atoms. The second kappa shape index (κ2) is 8.25. The minimum atomic E-state index is -0.397. The minimum absolute atomic E-state index is 0.0235. The predicted octanol–water partition coefficient (Wildman–Crippen LogP) is 3.90. The van der Waals surface area contributed by atoms with E-state index in [0.29, 0.717) is 23.4 Å². The standard InChI is InChI=1S/C23H26N2O4/c1-15-9-11-25(12-10-15)18(21-8-7-16(2)28-21)14-24-23(27)22-13-19(26)17-5-3-4-6-20(17)29-22/h3-8,13,15,18H,9-12,14H2,1-2H3,(H,24,27)/t18-/m1/s1. The van der Waals surface area contributed by atoms with Crippen LogP contribution in [-0.4, -0.2) is 30.4 Å². The Labute approximate surface area is 169 Å². The fourth-order valence-electron chi connectivity index (χ4n) is 3.87. The number of benzene rings is 1. The third-order valence-corrected chi connectivity index (χ3v) is 5.66. The van der Waals surface area contributed by atoms with E-state index in [-0.39, 0.29) is 17.2 Å². The normalized spacial score (nSPS) is 16.8. The zero-order valence-electron chi connectivity index (χ0n) is 16.8. The number of furan rings is 1. The Morgan fingerprint density at radius 2 is 1.93 bits per heavy atom. The van der Waals surface area contributed by atoms with Crippen molar-refractivity contribution in [1.82, 2.24) is 10.2 Å². The van der Waals surface area contributed by atoms with E-state index in [2.05, 4.69) is 17.1 Å². The van der Waals surface area contributed by atoms with E-state index in [4.69, 9.17) is 8.83 Å². The lowest BCUT2D eigenvalue weighted by Gasteiger charge is -2.35. The maximum absolute atomic E-state index is 12.7. The van der Waals surface area contributed by atoms with Crippen LogP contribution < -0.4 is 10.7 Å². The van der Waals surface area contributed by atoms with Crippen LogP contribution in [0.2, 0.25) is 0 Å². The molecule has 4 rings (SSSR count). The molecule has 1 N–H and O–H groups in total. The molecule has 1 atom stereocenters. The molecule has 2 aromatic heterocycles. The van der Waals surface area contributed by atoms with Gasteiger partial charge in [0, 0.05) is 12.6 Å². The van der Waals surface area contributed by atoms with Gasteiger partial charge in [0.2, 0.25) is 0 Å². The molecule has 1 aromatic carbocycles. The van der Waals surface area contributed by atoms with E-state index in [9.17, 15) is 9.59 Å². The summed E-state index contributed by atoms with van der Waals surface area (Å²) in [7, 11) is 0. The van der Waals surface area contributed by atoms with Crippen LogP contribution in [0.4, 0.5) is 0 Å². The van der Waals surface area contributed by atoms with Gasteiger partial charge >= 0.3 is 0 Å². The fraction of sp³-hybridized carbons (Fsp3) is 0.391. The summed E-state index contributed by atoms with van der Waals surface area (Å²) < 4.78 is 11.5. The highest BCUT2D eigenvalue weighted by atomic mass is 16.3. The number of nitrogens with zero attached hydrogens (tertiary/aromatic N) is 1. The van der Waals surface area contributed by atoms with Crippen molar-refractivity contribution in [3.05, 3.63) is 70.0 Å². The maximum atomic E-state index is 12.7. The van der Waals surface area contributed by atoms with Gasteiger partial charge in [-0.1, -0.05) is 19.1 Å². The van der Waals surface area contributed by atoms with Gasteiger partial charge in [-0.15, -0.1) is 0 Å². The van der Waals surface area contributed by atoms with Gasteiger partial charge in [-0.3, -0.25) is 14.5 Å². The van der Waals surface area contributed by atoms with Crippen LogP contribution >= 0.6 is 0 Å². The average Bonchev–Trinajstić information content (AvgIpc) is 3.15. The summed E-state index contributed by atoms with van der Waals surface area (Å²) in [6.45, 7) is 6.50. The van der Waals surface area contributed by atoms with Crippen LogP contribution in [0.5, 0.6) is 0 Å². The van der Waals surface area contributed by atoms with Crippen molar-refractivity contribution < 1.29 is 13.6 Å². The van der Waals surface area contributed by atoms with Gasteiger partial charge in [0.25, 0.3) is 5.91 Å². The van der Waals surface area contributed by atoms with Crippen molar-refractivity contribution >= 4 is 16.9 Å². The zero-order valence-corrected chi connectivity index (χ0v) is 16.8. The molecule has 1 aliphatic heterocycles. The van der Waals surface area contributed by atoms with Gasteiger partial charge in [0.15, 0.2) is 11.2 Å². The van der Waals surface area contributed by atoms with Crippen LogP contribution in [0, 0.1) is 12.8 Å². The molecular formula is C23H26N2O4. The lowest BCUT2D eigenvalue weighted by molar-refractivity contribution is 0.0870. The van der Waals surface area contributed by atoms with E-state index in [1.54, 1.807) is 24.3 Å². The van der Waals surface area contributed by atoms with Gasteiger partial charge in [-0.2, -0.15) is 0 Å². The van der Waals surface area contributed by atoms with Crippen LogP contribution in [0.15, 0.2) is 56.1 Å². The van der Waals surface area contributed by atoms with Gasteiger partial charge in [-0.05, 0) is 63.0 Å². The Hall–Kier alpha value is -2.86. The molecule has 0 aliphatic carbocycles. The molecule has 1 fully saturated rings. The molecule has 3 heterocycles. The largest absolute Gasteiger partial charge is 0.465 e. The van der Waals surface area contributed by atoms with Crippen LogP contribution in [0.1, 0.15) is 47.9 Å². The van der Waals surface area contributed by atoms with Crippen molar-refractivity contribution in [3.8, 4) is 0 Å².